The van der Waals surface area contributed by atoms with Gasteiger partial charge in [-0.05, 0) is 38.0 Å². The Morgan fingerprint density at radius 3 is 2.84 bits per heavy atom. The van der Waals surface area contributed by atoms with E-state index in [0.717, 1.165) is 45.2 Å². The van der Waals surface area contributed by atoms with Crippen LogP contribution >= 0.6 is 0 Å². The lowest BCUT2D eigenvalue weighted by Crippen LogP contribution is -2.28. The van der Waals surface area contributed by atoms with Crippen molar-refractivity contribution in [3.8, 4) is 0 Å². The lowest BCUT2D eigenvalue weighted by atomic mass is 9.87. The molecule has 1 aromatic heterocycles. The fraction of sp³-hybridized carbons (Fsp3) is 0.714. The topological polar surface area (TPSA) is 67.2 Å². The van der Waals surface area contributed by atoms with Gasteiger partial charge in [0.15, 0.2) is 5.82 Å². The Morgan fingerprint density at radius 2 is 2.16 bits per heavy atom. The summed E-state index contributed by atoms with van der Waals surface area (Å²) in [6, 6.07) is 0. The average molecular weight is 265 g/mol. The van der Waals surface area contributed by atoms with Crippen LogP contribution in [0, 0.1) is 5.92 Å². The molecule has 0 aliphatic heterocycles. The normalized spacial score (nSPS) is 23.3. The minimum Gasteiger partial charge on any atom is -0.393 e. The van der Waals surface area contributed by atoms with E-state index in [2.05, 4.69) is 10.3 Å². The summed E-state index contributed by atoms with van der Waals surface area (Å²) in [6.45, 7) is 3.55. The van der Waals surface area contributed by atoms with Crippen LogP contribution in [0.2, 0.25) is 0 Å². The van der Waals surface area contributed by atoms with Crippen LogP contribution in [0.5, 0.6) is 0 Å². The molecule has 5 nitrogen and oxygen atoms in total. The first-order chi connectivity index (χ1) is 9.20. The van der Waals surface area contributed by atoms with Crippen LogP contribution in [-0.2, 0) is 6.54 Å². The standard InChI is InChI=1S/C14H23N3O2/c1-2-8-17-9-7-15-13(14(17)19)16-10-11-3-5-12(18)6-4-11/h7,9,11-12,18H,2-6,8,10H2,1H3,(H,15,16). The van der Waals surface area contributed by atoms with Crippen LogP contribution < -0.4 is 10.9 Å². The first-order valence-electron chi connectivity index (χ1n) is 7.18. The van der Waals surface area contributed by atoms with E-state index in [9.17, 15) is 9.90 Å². The average Bonchev–Trinajstić information content (AvgIpc) is 2.42. The molecule has 0 aromatic carbocycles. The molecular formula is C14H23N3O2. The number of rotatable bonds is 5. The van der Waals surface area contributed by atoms with Crippen LogP contribution in [-0.4, -0.2) is 27.3 Å². The Bertz CT molecular complexity index is 450. The maximum absolute atomic E-state index is 12.1. The zero-order valence-electron chi connectivity index (χ0n) is 11.5. The molecule has 1 fully saturated rings. The molecular weight excluding hydrogens is 242 g/mol. The van der Waals surface area contributed by atoms with Gasteiger partial charge in [0.25, 0.3) is 5.56 Å². The van der Waals surface area contributed by atoms with Crippen LogP contribution in [0.15, 0.2) is 17.2 Å². The summed E-state index contributed by atoms with van der Waals surface area (Å²) in [5, 5.41) is 12.6. The van der Waals surface area contributed by atoms with Crippen molar-refractivity contribution in [1.29, 1.82) is 0 Å². The molecule has 1 aliphatic rings. The van der Waals surface area contributed by atoms with Gasteiger partial charge in [0, 0.05) is 25.5 Å². The molecule has 19 heavy (non-hydrogen) atoms. The van der Waals surface area contributed by atoms with E-state index in [1.165, 1.54) is 0 Å². The van der Waals surface area contributed by atoms with Gasteiger partial charge in [0.1, 0.15) is 0 Å². The van der Waals surface area contributed by atoms with Gasteiger partial charge in [-0.1, -0.05) is 6.92 Å². The van der Waals surface area contributed by atoms with Crippen LogP contribution in [0.3, 0.4) is 0 Å². The molecule has 106 valence electrons. The molecule has 1 aromatic rings. The van der Waals surface area contributed by atoms with Gasteiger partial charge in [-0.25, -0.2) is 4.98 Å². The molecule has 1 saturated carbocycles. The van der Waals surface area contributed by atoms with Crippen LogP contribution in [0.4, 0.5) is 5.82 Å². The van der Waals surface area contributed by atoms with Crippen LogP contribution in [0.25, 0.3) is 0 Å². The van der Waals surface area contributed by atoms with E-state index < -0.39 is 0 Å². The predicted molar refractivity (Wildman–Crippen MR) is 75.2 cm³/mol. The smallest absolute Gasteiger partial charge is 0.293 e. The third-order valence-electron chi connectivity index (χ3n) is 3.75. The van der Waals surface area contributed by atoms with E-state index in [0.29, 0.717) is 11.7 Å². The second-order valence-corrected chi connectivity index (χ2v) is 5.33. The van der Waals surface area contributed by atoms with Crippen molar-refractivity contribution >= 4 is 5.82 Å². The van der Waals surface area contributed by atoms with Crippen molar-refractivity contribution in [2.24, 2.45) is 5.92 Å². The molecule has 0 bridgehead atoms. The molecule has 0 radical (unpaired) electrons. The van der Waals surface area contributed by atoms with Crippen molar-refractivity contribution < 1.29 is 5.11 Å². The molecule has 1 aliphatic carbocycles. The molecule has 5 heteroatoms. The lowest BCUT2D eigenvalue weighted by molar-refractivity contribution is 0.111. The molecule has 2 N–H and O–H groups in total. The molecule has 0 atom stereocenters. The van der Waals surface area contributed by atoms with Gasteiger partial charge in [0.2, 0.25) is 0 Å². The second kappa shape index (κ2) is 6.70. The molecule has 2 rings (SSSR count). The van der Waals surface area contributed by atoms with Crippen molar-refractivity contribution in [3.63, 3.8) is 0 Å². The number of aryl methyl sites for hydroxylation is 1. The van der Waals surface area contributed by atoms with E-state index in [-0.39, 0.29) is 11.7 Å². The maximum atomic E-state index is 12.1. The van der Waals surface area contributed by atoms with E-state index in [1.54, 1.807) is 17.0 Å². The summed E-state index contributed by atoms with van der Waals surface area (Å²) in [5.74, 6) is 0.978. The minimum atomic E-state index is -0.132. The number of nitrogens with zero attached hydrogens (tertiary/aromatic N) is 2. The lowest BCUT2D eigenvalue weighted by Gasteiger charge is -2.25. The minimum absolute atomic E-state index is 0.0415. The van der Waals surface area contributed by atoms with Crippen molar-refractivity contribution in [2.75, 3.05) is 11.9 Å². The van der Waals surface area contributed by atoms with Crippen molar-refractivity contribution in [1.82, 2.24) is 9.55 Å². The quantitative estimate of drug-likeness (QED) is 0.849. The highest BCUT2D eigenvalue weighted by Gasteiger charge is 2.19. The van der Waals surface area contributed by atoms with E-state index in [4.69, 9.17) is 0 Å². The number of aliphatic hydroxyl groups excluding tert-OH is 1. The summed E-state index contributed by atoms with van der Waals surface area (Å²) in [5.41, 5.74) is -0.0415. The van der Waals surface area contributed by atoms with Crippen molar-refractivity contribution in [2.45, 2.75) is 51.7 Å². The van der Waals surface area contributed by atoms with Crippen molar-refractivity contribution in [3.05, 3.63) is 22.7 Å². The van der Waals surface area contributed by atoms with Gasteiger partial charge in [-0.2, -0.15) is 0 Å². The van der Waals surface area contributed by atoms with Gasteiger partial charge in [-0.15, -0.1) is 0 Å². The summed E-state index contributed by atoms with van der Waals surface area (Å²) in [4.78, 5) is 16.2. The highest BCUT2D eigenvalue weighted by atomic mass is 16.3. The molecule has 0 amide bonds. The zero-order valence-corrected chi connectivity index (χ0v) is 11.5. The van der Waals surface area contributed by atoms with E-state index in [1.807, 2.05) is 6.92 Å². The summed E-state index contributed by atoms with van der Waals surface area (Å²) in [7, 11) is 0. The Kier molecular flexibility index (Phi) is 4.96. The van der Waals surface area contributed by atoms with Gasteiger partial charge in [0.05, 0.1) is 6.10 Å². The fourth-order valence-electron chi connectivity index (χ4n) is 2.58. The Labute approximate surface area is 113 Å². The SMILES string of the molecule is CCCn1ccnc(NCC2CCC(O)CC2)c1=O. The zero-order chi connectivity index (χ0) is 13.7. The monoisotopic (exact) mass is 265 g/mol. The molecule has 0 saturated heterocycles. The highest BCUT2D eigenvalue weighted by molar-refractivity contribution is 5.30. The Morgan fingerprint density at radius 1 is 1.42 bits per heavy atom. The predicted octanol–water partition coefficient (Wildman–Crippen LogP) is 1.62. The third-order valence-corrected chi connectivity index (χ3v) is 3.75. The number of aliphatic hydroxyl groups is 1. The van der Waals surface area contributed by atoms with Gasteiger partial charge < -0.3 is 15.0 Å². The maximum Gasteiger partial charge on any atom is 0.293 e. The fourth-order valence-corrected chi connectivity index (χ4v) is 2.58. The Balaban J connectivity index is 1.92. The number of hydrogen-bond donors (Lipinski definition) is 2. The first-order valence-corrected chi connectivity index (χ1v) is 7.18. The summed E-state index contributed by atoms with van der Waals surface area (Å²) < 4.78 is 1.69. The number of aromatic nitrogens is 2. The van der Waals surface area contributed by atoms with Gasteiger partial charge in [-0.3, -0.25) is 4.79 Å². The van der Waals surface area contributed by atoms with Crippen LogP contribution in [0.1, 0.15) is 39.0 Å². The summed E-state index contributed by atoms with van der Waals surface area (Å²) in [6.07, 6.45) is 7.98. The Hall–Kier alpha value is -1.36. The second-order valence-electron chi connectivity index (χ2n) is 5.33. The number of anilines is 1. The molecule has 0 unspecified atom stereocenters. The largest absolute Gasteiger partial charge is 0.393 e. The highest BCUT2D eigenvalue weighted by Crippen LogP contribution is 2.23. The summed E-state index contributed by atoms with van der Waals surface area (Å²) >= 11 is 0. The number of nitrogens with one attached hydrogen (secondary N) is 1. The molecule has 0 spiro atoms. The number of hydrogen-bond acceptors (Lipinski definition) is 4. The molecule has 1 heterocycles. The first kappa shape index (κ1) is 14.1. The third kappa shape index (κ3) is 3.80. The van der Waals surface area contributed by atoms with Gasteiger partial charge >= 0.3 is 0 Å². The van der Waals surface area contributed by atoms with E-state index >= 15 is 0 Å².